The van der Waals surface area contributed by atoms with Gasteiger partial charge in [0.1, 0.15) is 11.3 Å². The molecule has 2 N–H and O–H groups in total. The standard InChI is InChI=1S/C17H22N4O2/c1-2-3-21-13-12(14(22)20-16(21)23)18-15(19-13)17-6-9-4-10(7-17)11(5-9)8-17/h9-11H,2-8H2,1H3,(H,18,19)(H,20,22,23). The number of nitrogens with one attached hydrogen (secondary N) is 2. The van der Waals surface area contributed by atoms with Crippen LogP contribution < -0.4 is 11.2 Å². The third-order valence-electron chi connectivity index (χ3n) is 6.51. The van der Waals surface area contributed by atoms with E-state index in [9.17, 15) is 9.59 Å². The van der Waals surface area contributed by atoms with Crippen LogP contribution in [0.15, 0.2) is 9.59 Å². The summed E-state index contributed by atoms with van der Waals surface area (Å²) in [7, 11) is 0. The number of fused-ring (bicyclic) bond motifs is 1. The molecule has 4 aliphatic rings. The van der Waals surface area contributed by atoms with Gasteiger partial charge in [-0.15, -0.1) is 0 Å². The lowest BCUT2D eigenvalue weighted by Crippen LogP contribution is -2.32. The Morgan fingerprint density at radius 1 is 1.17 bits per heavy atom. The average Bonchev–Trinajstić information content (AvgIpc) is 3.13. The highest BCUT2D eigenvalue weighted by molar-refractivity contribution is 5.70. The number of imidazole rings is 1. The van der Waals surface area contributed by atoms with Gasteiger partial charge in [-0.25, -0.2) is 9.78 Å². The Morgan fingerprint density at radius 3 is 2.57 bits per heavy atom. The first kappa shape index (κ1) is 13.6. The summed E-state index contributed by atoms with van der Waals surface area (Å²) in [6.45, 7) is 2.60. The lowest BCUT2D eigenvalue weighted by atomic mass is 9.69. The number of hydrogen-bond donors (Lipinski definition) is 2. The smallest absolute Gasteiger partial charge is 0.330 e. The van der Waals surface area contributed by atoms with Crippen LogP contribution in [-0.4, -0.2) is 19.5 Å². The van der Waals surface area contributed by atoms with Crippen LogP contribution in [0, 0.1) is 17.8 Å². The van der Waals surface area contributed by atoms with Crippen LogP contribution >= 0.6 is 0 Å². The maximum atomic E-state index is 12.2. The molecule has 0 amide bonds. The van der Waals surface area contributed by atoms with Gasteiger partial charge in [0.15, 0.2) is 5.65 Å². The lowest BCUT2D eigenvalue weighted by Gasteiger charge is -2.36. The molecule has 0 aromatic carbocycles. The number of H-pyrrole nitrogens is 2. The third kappa shape index (κ3) is 1.72. The zero-order valence-corrected chi connectivity index (χ0v) is 13.4. The molecule has 0 saturated heterocycles. The van der Waals surface area contributed by atoms with Crippen molar-refractivity contribution in [2.45, 2.75) is 57.4 Å². The van der Waals surface area contributed by atoms with Crippen molar-refractivity contribution in [1.82, 2.24) is 19.5 Å². The maximum absolute atomic E-state index is 12.2. The first-order chi connectivity index (χ1) is 11.1. The van der Waals surface area contributed by atoms with E-state index in [4.69, 9.17) is 4.98 Å². The zero-order valence-electron chi connectivity index (χ0n) is 13.4. The molecule has 122 valence electrons. The highest BCUT2D eigenvalue weighted by Gasteiger charge is 2.57. The first-order valence-electron chi connectivity index (χ1n) is 8.83. The SMILES string of the molecule is CCCn1c(=O)[nH]c(=O)c2[nH]c(C34CC5CC(C3)C(C5)C4)nc21. The van der Waals surface area contributed by atoms with Crippen molar-refractivity contribution in [2.24, 2.45) is 17.8 Å². The van der Waals surface area contributed by atoms with E-state index in [0.29, 0.717) is 17.7 Å². The van der Waals surface area contributed by atoms with Crippen molar-refractivity contribution in [1.29, 1.82) is 0 Å². The van der Waals surface area contributed by atoms with Gasteiger partial charge in [0.25, 0.3) is 5.56 Å². The maximum Gasteiger partial charge on any atom is 0.330 e. The monoisotopic (exact) mass is 314 g/mol. The van der Waals surface area contributed by atoms with E-state index in [1.807, 2.05) is 6.92 Å². The van der Waals surface area contributed by atoms with Crippen LogP contribution in [0.4, 0.5) is 0 Å². The zero-order chi connectivity index (χ0) is 15.8. The highest BCUT2D eigenvalue weighted by atomic mass is 16.2. The molecule has 2 heterocycles. The molecule has 4 fully saturated rings. The Balaban J connectivity index is 1.69. The number of aromatic nitrogens is 4. The van der Waals surface area contributed by atoms with E-state index in [0.717, 1.165) is 30.0 Å². The molecular weight excluding hydrogens is 292 g/mol. The molecule has 4 aliphatic carbocycles. The van der Waals surface area contributed by atoms with Gasteiger partial charge in [0, 0.05) is 12.0 Å². The van der Waals surface area contributed by atoms with Gasteiger partial charge in [-0.05, 0) is 56.3 Å². The molecule has 2 aromatic rings. The molecule has 0 spiro atoms. The van der Waals surface area contributed by atoms with Crippen LogP contribution in [0.25, 0.3) is 11.2 Å². The summed E-state index contributed by atoms with van der Waals surface area (Å²) in [6, 6.07) is 0. The van der Waals surface area contributed by atoms with Crippen LogP contribution in [0.5, 0.6) is 0 Å². The first-order valence-corrected chi connectivity index (χ1v) is 8.83. The van der Waals surface area contributed by atoms with Gasteiger partial charge < -0.3 is 4.98 Å². The second kappa shape index (κ2) is 4.36. The van der Waals surface area contributed by atoms with Crippen LogP contribution in [0.3, 0.4) is 0 Å². The van der Waals surface area contributed by atoms with Crippen molar-refractivity contribution in [3.63, 3.8) is 0 Å². The van der Waals surface area contributed by atoms with Crippen molar-refractivity contribution < 1.29 is 0 Å². The predicted molar refractivity (Wildman–Crippen MR) is 86.5 cm³/mol. The lowest BCUT2D eigenvalue weighted by molar-refractivity contribution is 0.220. The fourth-order valence-electron chi connectivity index (χ4n) is 5.82. The number of hydrogen-bond acceptors (Lipinski definition) is 3. The highest BCUT2D eigenvalue weighted by Crippen LogP contribution is 2.64. The molecule has 0 radical (unpaired) electrons. The Labute approximate surface area is 133 Å². The molecule has 23 heavy (non-hydrogen) atoms. The number of aryl methyl sites for hydroxylation is 1. The molecular formula is C17H22N4O2. The second-order valence-corrected chi connectivity index (χ2v) is 7.95. The fourth-order valence-corrected chi connectivity index (χ4v) is 5.82. The summed E-state index contributed by atoms with van der Waals surface area (Å²) in [5.74, 6) is 3.47. The van der Waals surface area contributed by atoms with E-state index in [1.54, 1.807) is 4.57 Å². The Hall–Kier alpha value is -1.85. The minimum Gasteiger partial charge on any atom is -0.336 e. The molecule has 6 nitrogen and oxygen atoms in total. The van der Waals surface area contributed by atoms with E-state index >= 15 is 0 Å². The van der Waals surface area contributed by atoms with Gasteiger partial charge >= 0.3 is 5.69 Å². The molecule has 0 aliphatic heterocycles. The van der Waals surface area contributed by atoms with Crippen molar-refractivity contribution in [3.05, 3.63) is 26.7 Å². The van der Waals surface area contributed by atoms with Gasteiger partial charge in [0.2, 0.25) is 0 Å². The number of nitrogens with zero attached hydrogens (tertiary/aromatic N) is 2. The Morgan fingerprint density at radius 2 is 1.91 bits per heavy atom. The van der Waals surface area contributed by atoms with Crippen molar-refractivity contribution in [3.8, 4) is 0 Å². The summed E-state index contributed by atoms with van der Waals surface area (Å²) in [5, 5.41) is 0. The summed E-state index contributed by atoms with van der Waals surface area (Å²) >= 11 is 0. The molecule has 2 unspecified atom stereocenters. The quantitative estimate of drug-likeness (QED) is 0.907. The van der Waals surface area contributed by atoms with Gasteiger partial charge in [0.05, 0.1) is 0 Å². The Bertz CT molecular complexity index is 886. The predicted octanol–water partition coefficient (Wildman–Crippen LogP) is 1.90. The van der Waals surface area contributed by atoms with Crippen LogP contribution in [0.1, 0.15) is 51.3 Å². The topological polar surface area (TPSA) is 83.5 Å². The van der Waals surface area contributed by atoms with E-state index in [-0.39, 0.29) is 16.7 Å². The van der Waals surface area contributed by atoms with E-state index in [1.165, 1.54) is 32.1 Å². The van der Waals surface area contributed by atoms with Gasteiger partial charge in [-0.3, -0.25) is 14.3 Å². The molecule has 6 heteroatoms. The van der Waals surface area contributed by atoms with Gasteiger partial charge in [-0.2, -0.15) is 0 Å². The number of rotatable bonds is 3. The average molecular weight is 314 g/mol. The normalized spacial score (nSPS) is 34.7. The van der Waals surface area contributed by atoms with Gasteiger partial charge in [-0.1, -0.05) is 6.92 Å². The molecule has 2 atom stereocenters. The summed E-state index contributed by atoms with van der Waals surface area (Å²) in [4.78, 5) is 34.8. The molecule has 4 saturated carbocycles. The minimum atomic E-state index is -0.351. The van der Waals surface area contributed by atoms with Crippen LogP contribution in [0.2, 0.25) is 0 Å². The molecule has 2 aromatic heterocycles. The third-order valence-corrected chi connectivity index (χ3v) is 6.51. The minimum absolute atomic E-state index is 0.120. The summed E-state index contributed by atoms with van der Waals surface area (Å²) in [6.07, 6.45) is 7.19. The van der Waals surface area contributed by atoms with Crippen molar-refractivity contribution >= 4 is 11.2 Å². The fraction of sp³-hybridized carbons (Fsp3) is 0.706. The molecule has 4 bridgehead atoms. The van der Waals surface area contributed by atoms with E-state index in [2.05, 4.69) is 9.97 Å². The Kier molecular flexibility index (Phi) is 2.58. The summed E-state index contributed by atoms with van der Waals surface area (Å²) in [5.41, 5.74) is 0.422. The summed E-state index contributed by atoms with van der Waals surface area (Å²) < 4.78 is 1.60. The molecule has 6 rings (SSSR count). The van der Waals surface area contributed by atoms with Crippen molar-refractivity contribution in [2.75, 3.05) is 0 Å². The largest absolute Gasteiger partial charge is 0.336 e. The van der Waals surface area contributed by atoms with Crippen LogP contribution in [-0.2, 0) is 12.0 Å². The number of aromatic amines is 2. The second-order valence-electron chi connectivity index (χ2n) is 7.95. The van der Waals surface area contributed by atoms with E-state index < -0.39 is 0 Å².